The molecule has 5 nitrogen and oxygen atoms in total. The van der Waals surface area contributed by atoms with Crippen LogP contribution in [-0.2, 0) is 10.7 Å². The number of carbonyl (C=O) groups excluding carboxylic acids is 2. The quantitative estimate of drug-likeness (QED) is 0.585. The molecule has 0 radical (unpaired) electrons. The molecule has 1 aromatic heterocycles. The summed E-state index contributed by atoms with van der Waals surface area (Å²) < 4.78 is 5.14. The third kappa shape index (κ3) is 4.92. The number of hydrogen-bond donors (Lipinski definition) is 1. The molecule has 2 aromatic rings. The van der Waals surface area contributed by atoms with Crippen LogP contribution in [0.1, 0.15) is 28.9 Å². The van der Waals surface area contributed by atoms with Gasteiger partial charge in [0.25, 0.3) is 0 Å². The maximum atomic E-state index is 12.2. The first kappa shape index (κ1) is 17.7. The van der Waals surface area contributed by atoms with E-state index >= 15 is 0 Å². The summed E-state index contributed by atoms with van der Waals surface area (Å²) in [6, 6.07) is 4.80. The zero-order valence-electron chi connectivity index (χ0n) is 12.3. The van der Waals surface area contributed by atoms with Gasteiger partial charge in [-0.2, -0.15) is 0 Å². The minimum absolute atomic E-state index is 0.0459. The average Bonchev–Trinajstić information content (AvgIpc) is 3.00. The maximum Gasteiger partial charge on any atom is 0.226 e. The number of thiazole rings is 1. The van der Waals surface area contributed by atoms with Crippen LogP contribution in [-0.4, -0.2) is 23.8 Å². The summed E-state index contributed by atoms with van der Waals surface area (Å²) in [5.74, 6) is 0.237. The third-order valence-electron chi connectivity index (χ3n) is 2.98. The number of anilines is 1. The normalized spacial score (nSPS) is 10.4. The molecule has 1 heterocycles. The number of amides is 1. The second-order valence-electron chi connectivity index (χ2n) is 4.59. The fourth-order valence-electron chi connectivity index (χ4n) is 1.87. The summed E-state index contributed by atoms with van der Waals surface area (Å²) in [7, 11) is 1.48. The molecular formula is C15H14Cl2N2O3S. The van der Waals surface area contributed by atoms with Crippen LogP contribution in [0.3, 0.4) is 0 Å². The predicted octanol–water partition coefficient (Wildman–Crippen LogP) is 4.15. The van der Waals surface area contributed by atoms with Crippen molar-refractivity contribution in [3.8, 4) is 5.75 Å². The van der Waals surface area contributed by atoms with E-state index in [4.69, 9.17) is 27.9 Å². The Kier molecular flexibility index (Phi) is 6.38. The van der Waals surface area contributed by atoms with Gasteiger partial charge in [0.2, 0.25) is 5.91 Å². The van der Waals surface area contributed by atoms with E-state index in [-0.39, 0.29) is 24.5 Å². The lowest BCUT2D eigenvalue weighted by molar-refractivity contribution is -0.116. The van der Waals surface area contributed by atoms with Crippen LogP contribution < -0.4 is 10.1 Å². The van der Waals surface area contributed by atoms with Crippen molar-refractivity contribution < 1.29 is 14.3 Å². The van der Waals surface area contributed by atoms with E-state index in [1.165, 1.54) is 24.5 Å². The summed E-state index contributed by atoms with van der Waals surface area (Å²) in [6.45, 7) is 0. The van der Waals surface area contributed by atoms with Gasteiger partial charge in [-0.1, -0.05) is 11.6 Å². The Hall–Kier alpha value is -1.63. The number of rotatable bonds is 7. The number of nitrogens with one attached hydrogen (secondary N) is 1. The number of ether oxygens (including phenoxy) is 1. The lowest BCUT2D eigenvalue weighted by Crippen LogP contribution is -2.13. The minimum atomic E-state index is -0.283. The molecule has 0 fully saturated rings. The van der Waals surface area contributed by atoms with Gasteiger partial charge in [-0.25, -0.2) is 4.98 Å². The SMILES string of the molecule is COc1ccc(Cl)cc1C(=O)CCC(=O)Nc1nc(CCl)cs1. The lowest BCUT2D eigenvalue weighted by Gasteiger charge is -2.08. The van der Waals surface area contributed by atoms with E-state index in [0.717, 1.165) is 0 Å². The monoisotopic (exact) mass is 372 g/mol. The van der Waals surface area contributed by atoms with Gasteiger partial charge < -0.3 is 10.1 Å². The lowest BCUT2D eigenvalue weighted by atomic mass is 10.1. The van der Waals surface area contributed by atoms with Crippen LogP contribution in [0.5, 0.6) is 5.75 Å². The number of ketones is 1. The van der Waals surface area contributed by atoms with Gasteiger partial charge in [-0.15, -0.1) is 22.9 Å². The molecule has 0 aliphatic carbocycles. The number of aromatic nitrogens is 1. The molecule has 23 heavy (non-hydrogen) atoms. The van der Waals surface area contributed by atoms with Gasteiger partial charge in [0.1, 0.15) is 5.75 Å². The Morgan fingerprint density at radius 3 is 2.78 bits per heavy atom. The van der Waals surface area contributed by atoms with Crippen molar-refractivity contribution >= 4 is 51.4 Å². The molecule has 1 N–H and O–H groups in total. The topological polar surface area (TPSA) is 68.3 Å². The first-order valence-electron chi connectivity index (χ1n) is 6.70. The van der Waals surface area contributed by atoms with Gasteiger partial charge >= 0.3 is 0 Å². The van der Waals surface area contributed by atoms with E-state index in [0.29, 0.717) is 33.0 Å². The number of carbonyl (C=O) groups is 2. The van der Waals surface area contributed by atoms with Crippen molar-refractivity contribution in [2.75, 3.05) is 12.4 Å². The highest BCUT2D eigenvalue weighted by atomic mass is 35.5. The van der Waals surface area contributed by atoms with Crippen LogP contribution in [0.15, 0.2) is 23.6 Å². The highest BCUT2D eigenvalue weighted by Crippen LogP contribution is 2.24. The second-order valence-corrected chi connectivity index (χ2v) is 6.16. The number of benzene rings is 1. The van der Waals surface area contributed by atoms with Crippen molar-refractivity contribution in [1.29, 1.82) is 0 Å². The molecule has 0 saturated heterocycles. The Balaban J connectivity index is 1.93. The van der Waals surface area contributed by atoms with Gasteiger partial charge in [0, 0.05) is 23.2 Å². The molecule has 1 aromatic carbocycles. The predicted molar refractivity (Wildman–Crippen MR) is 91.9 cm³/mol. The zero-order chi connectivity index (χ0) is 16.8. The van der Waals surface area contributed by atoms with Crippen molar-refractivity contribution in [2.24, 2.45) is 0 Å². The van der Waals surface area contributed by atoms with Crippen molar-refractivity contribution in [3.63, 3.8) is 0 Å². The summed E-state index contributed by atoms with van der Waals surface area (Å²) in [6.07, 6.45) is 0.0978. The van der Waals surface area contributed by atoms with Crippen LogP contribution in [0.4, 0.5) is 5.13 Å². The second kappa shape index (κ2) is 8.29. The van der Waals surface area contributed by atoms with Gasteiger partial charge in [0.05, 0.1) is 24.2 Å². The molecule has 0 saturated carbocycles. The van der Waals surface area contributed by atoms with E-state index in [1.54, 1.807) is 17.5 Å². The first-order chi connectivity index (χ1) is 11.0. The van der Waals surface area contributed by atoms with Crippen molar-refractivity contribution in [3.05, 3.63) is 39.9 Å². The highest BCUT2D eigenvalue weighted by molar-refractivity contribution is 7.13. The Bertz CT molecular complexity index is 718. The largest absolute Gasteiger partial charge is 0.496 e. The van der Waals surface area contributed by atoms with Crippen molar-refractivity contribution in [2.45, 2.75) is 18.7 Å². The van der Waals surface area contributed by atoms with Gasteiger partial charge in [0.15, 0.2) is 10.9 Å². The molecule has 0 aliphatic rings. The Labute approximate surface area is 147 Å². The average molecular weight is 373 g/mol. The molecule has 2 rings (SSSR count). The number of halogens is 2. The van der Waals surface area contributed by atoms with Crippen molar-refractivity contribution in [1.82, 2.24) is 4.98 Å². The summed E-state index contributed by atoms with van der Waals surface area (Å²) in [5.41, 5.74) is 1.07. The first-order valence-corrected chi connectivity index (χ1v) is 8.49. The maximum absolute atomic E-state index is 12.2. The fraction of sp³-hybridized carbons (Fsp3) is 0.267. The Morgan fingerprint density at radius 1 is 1.35 bits per heavy atom. The van der Waals surface area contributed by atoms with Crippen LogP contribution in [0.2, 0.25) is 5.02 Å². The standard InChI is InChI=1S/C15H14Cl2N2O3S/c1-22-13-4-2-9(17)6-11(13)12(20)3-5-14(21)19-15-18-10(7-16)8-23-15/h2,4,6,8H,3,5,7H2,1H3,(H,18,19,21). The molecule has 0 spiro atoms. The van der Waals surface area contributed by atoms with Crippen LogP contribution in [0, 0.1) is 0 Å². The third-order valence-corrected chi connectivity index (χ3v) is 4.29. The molecule has 1 amide bonds. The number of methoxy groups -OCH3 is 1. The number of Topliss-reactive ketones (excluding diaryl/α,β-unsaturated/α-hetero) is 1. The zero-order valence-corrected chi connectivity index (χ0v) is 14.6. The fourth-order valence-corrected chi connectivity index (χ4v) is 2.99. The van der Waals surface area contributed by atoms with E-state index in [2.05, 4.69) is 10.3 Å². The highest BCUT2D eigenvalue weighted by Gasteiger charge is 2.15. The molecule has 0 aliphatic heterocycles. The van der Waals surface area contributed by atoms with E-state index < -0.39 is 0 Å². The number of hydrogen-bond acceptors (Lipinski definition) is 5. The van der Waals surface area contributed by atoms with Gasteiger partial charge in [-0.3, -0.25) is 9.59 Å². The molecule has 122 valence electrons. The van der Waals surface area contributed by atoms with E-state index in [9.17, 15) is 9.59 Å². The number of alkyl halides is 1. The molecule has 0 atom stereocenters. The van der Waals surface area contributed by atoms with Crippen LogP contribution >= 0.6 is 34.5 Å². The summed E-state index contributed by atoms with van der Waals surface area (Å²) in [4.78, 5) is 28.2. The van der Waals surface area contributed by atoms with Crippen LogP contribution in [0.25, 0.3) is 0 Å². The summed E-state index contributed by atoms with van der Waals surface area (Å²) >= 11 is 12.8. The smallest absolute Gasteiger partial charge is 0.226 e. The summed E-state index contributed by atoms with van der Waals surface area (Å²) in [5, 5.41) is 5.32. The molecule has 8 heteroatoms. The number of nitrogens with zero attached hydrogens (tertiary/aromatic N) is 1. The molecule has 0 unspecified atom stereocenters. The molecular weight excluding hydrogens is 359 g/mol. The van der Waals surface area contributed by atoms with Gasteiger partial charge in [-0.05, 0) is 18.2 Å². The molecule has 0 bridgehead atoms. The van der Waals surface area contributed by atoms with E-state index in [1.807, 2.05) is 0 Å². The minimum Gasteiger partial charge on any atom is -0.496 e. The Morgan fingerprint density at radius 2 is 2.13 bits per heavy atom.